The van der Waals surface area contributed by atoms with Crippen molar-refractivity contribution in [3.63, 3.8) is 0 Å². The van der Waals surface area contributed by atoms with Gasteiger partial charge in [-0.2, -0.15) is 0 Å². The highest BCUT2D eigenvalue weighted by Crippen LogP contribution is 2.30. The largest absolute Gasteiger partial charge is 0.462 e. The lowest BCUT2D eigenvalue weighted by Crippen LogP contribution is -2.30. The van der Waals surface area contributed by atoms with Crippen LogP contribution in [-0.4, -0.2) is 33.7 Å². The number of aryl methyl sites for hydroxylation is 1. The van der Waals surface area contributed by atoms with Gasteiger partial charge in [0.05, 0.1) is 18.8 Å². The fourth-order valence-corrected chi connectivity index (χ4v) is 3.67. The molecule has 2 aromatic heterocycles. The van der Waals surface area contributed by atoms with E-state index in [1.54, 1.807) is 6.92 Å². The summed E-state index contributed by atoms with van der Waals surface area (Å²) in [4.78, 5) is 31.3. The zero-order valence-corrected chi connectivity index (χ0v) is 15.6. The number of ether oxygens (including phenoxy) is 1. The molecule has 0 atom stereocenters. The van der Waals surface area contributed by atoms with E-state index in [4.69, 9.17) is 16.3 Å². The molecule has 0 unspecified atom stereocenters. The normalized spacial score (nSPS) is 13.6. The first-order valence-electron chi connectivity index (χ1n) is 8.87. The maximum absolute atomic E-state index is 12.4. The van der Waals surface area contributed by atoms with E-state index in [1.165, 1.54) is 22.3 Å². The molecule has 1 aliphatic rings. The third-order valence-electron chi connectivity index (χ3n) is 4.66. The van der Waals surface area contributed by atoms with Gasteiger partial charge in [-0.3, -0.25) is 9.89 Å². The number of halogens is 1. The van der Waals surface area contributed by atoms with Crippen molar-refractivity contribution in [2.75, 3.05) is 18.1 Å². The number of nitrogens with one attached hydrogen (secondary N) is 1. The van der Waals surface area contributed by atoms with Crippen molar-refractivity contribution in [3.8, 4) is 0 Å². The van der Waals surface area contributed by atoms with Crippen LogP contribution >= 0.6 is 11.6 Å². The number of carbonyl (C=O) groups excluding carboxylic acids is 1. The quantitative estimate of drug-likeness (QED) is 0.697. The van der Waals surface area contributed by atoms with Crippen LogP contribution in [0.3, 0.4) is 0 Å². The van der Waals surface area contributed by atoms with Gasteiger partial charge >= 0.3 is 5.97 Å². The summed E-state index contributed by atoms with van der Waals surface area (Å²) in [5.41, 5.74) is 3.17. The highest BCUT2D eigenvalue weighted by Gasteiger charge is 2.20. The number of esters is 1. The third-order valence-corrected chi connectivity index (χ3v) is 4.89. The van der Waals surface area contributed by atoms with Crippen molar-refractivity contribution >= 4 is 28.9 Å². The summed E-state index contributed by atoms with van der Waals surface area (Å²) in [5.74, 6) is -0.502. The molecular weight excluding hydrogens is 368 g/mol. The van der Waals surface area contributed by atoms with Crippen LogP contribution < -0.4 is 10.5 Å². The van der Waals surface area contributed by atoms with Crippen molar-refractivity contribution in [1.29, 1.82) is 0 Å². The molecule has 0 radical (unpaired) electrons. The van der Waals surface area contributed by atoms with Crippen molar-refractivity contribution in [3.05, 3.63) is 62.7 Å². The first-order valence-corrected chi connectivity index (χ1v) is 9.25. The van der Waals surface area contributed by atoms with Crippen LogP contribution in [-0.2, 0) is 17.7 Å². The van der Waals surface area contributed by atoms with Gasteiger partial charge in [-0.1, -0.05) is 11.6 Å². The predicted molar refractivity (Wildman–Crippen MR) is 103 cm³/mol. The van der Waals surface area contributed by atoms with Crippen LogP contribution in [0.25, 0.3) is 5.65 Å². The maximum Gasteiger partial charge on any atom is 0.343 e. The van der Waals surface area contributed by atoms with Crippen LogP contribution in [0, 0.1) is 0 Å². The second kappa shape index (κ2) is 7.08. The molecule has 1 N–H and O–H groups in total. The number of H-pyrrole nitrogens is 1. The van der Waals surface area contributed by atoms with Crippen LogP contribution in [0.1, 0.15) is 35.0 Å². The Morgan fingerprint density at radius 3 is 3.04 bits per heavy atom. The van der Waals surface area contributed by atoms with Crippen molar-refractivity contribution in [2.24, 2.45) is 0 Å². The number of hydrogen-bond donors (Lipinski definition) is 1. The highest BCUT2D eigenvalue weighted by molar-refractivity contribution is 6.30. The lowest BCUT2D eigenvalue weighted by Gasteiger charge is -2.31. The molecule has 0 fully saturated rings. The molecule has 3 aromatic rings. The Hall–Kier alpha value is -2.80. The lowest BCUT2D eigenvalue weighted by atomic mass is 10.0. The molecule has 3 heterocycles. The Labute approximate surface area is 160 Å². The molecule has 8 heteroatoms. The van der Waals surface area contributed by atoms with Gasteiger partial charge in [0, 0.05) is 29.5 Å². The number of hydrogen-bond acceptors (Lipinski definition) is 5. The molecule has 0 saturated heterocycles. The van der Waals surface area contributed by atoms with Gasteiger partial charge in [0.25, 0.3) is 5.56 Å². The standard InChI is InChI=1S/C19H19ClN4O3/c1-2-27-19(26)15-10-21-24-17(25)9-14(22-18(15)24)11-23-7-3-4-12-8-13(20)5-6-16(12)23/h5-6,8-10,21H,2-4,7,11H2,1H3. The van der Waals surface area contributed by atoms with E-state index in [2.05, 4.69) is 15.0 Å². The van der Waals surface area contributed by atoms with Crippen molar-refractivity contribution in [1.82, 2.24) is 14.6 Å². The van der Waals surface area contributed by atoms with E-state index in [0.717, 1.165) is 30.1 Å². The molecule has 1 aliphatic heterocycles. The number of nitrogens with zero attached hydrogens (tertiary/aromatic N) is 3. The summed E-state index contributed by atoms with van der Waals surface area (Å²) < 4.78 is 6.29. The average Bonchev–Trinajstić information content (AvgIpc) is 3.06. The number of fused-ring (bicyclic) bond motifs is 2. The van der Waals surface area contributed by atoms with Crippen LogP contribution in [0.2, 0.25) is 5.02 Å². The minimum absolute atomic E-state index is 0.252. The third kappa shape index (κ3) is 3.30. The van der Waals surface area contributed by atoms with E-state index < -0.39 is 5.97 Å². The molecule has 0 spiro atoms. The number of aromatic nitrogens is 3. The molecule has 1 aromatic carbocycles. The van der Waals surface area contributed by atoms with Gasteiger partial charge in [-0.05, 0) is 43.5 Å². The zero-order chi connectivity index (χ0) is 19.0. The van der Waals surface area contributed by atoms with Gasteiger partial charge in [0.2, 0.25) is 0 Å². The number of carbonyl (C=O) groups is 1. The SMILES string of the molecule is CCOC(=O)c1c[nH]n2c(=O)cc(CN3CCCc4cc(Cl)ccc43)nc12. The molecule has 0 bridgehead atoms. The molecule has 0 aliphatic carbocycles. The van der Waals surface area contributed by atoms with Gasteiger partial charge < -0.3 is 9.64 Å². The summed E-state index contributed by atoms with van der Waals surface area (Å²) in [6.07, 6.45) is 3.43. The Morgan fingerprint density at radius 1 is 1.37 bits per heavy atom. The smallest absolute Gasteiger partial charge is 0.343 e. The van der Waals surface area contributed by atoms with Gasteiger partial charge in [-0.15, -0.1) is 0 Å². The summed E-state index contributed by atoms with van der Waals surface area (Å²) in [5, 5.41) is 3.48. The van der Waals surface area contributed by atoms with Crippen LogP contribution in [0.4, 0.5) is 5.69 Å². The Kier molecular flexibility index (Phi) is 4.61. The van der Waals surface area contributed by atoms with E-state index >= 15 is 0 Å². The summed E-state index contributed by atoms with van der Waals surface area (Å²) >= 11 is 6.11. The Morgan fingerprint density at radius 2 is 2.22 bits per heavy atom. The van der Waals surface area contributed by atoms with E-state index in [1.807, 2.05) is 18.2 Å². The molecule has 0 saturated carbocycles. The summed E-state index contributed by atoms with van der Waals surface area (Å²) in [7, 11) is 0. The molecule has 0 amide bonds. The summed E-state index contributed by atoms with van der Waals surface area (Å²) in [6, 6.07) is 7.35. The van der Waals surface area contributed by atoms with E-state index in [-0.39, 0.29) is 23.4 Å². The van der Waals surface area contributed by atoms with Gasteiger partial charge in [-0.25, -0.2) is 14.3 Å². The lowest BCUT2D eigenvalue weighted by molar-refractivity contribution is 0.0528. The summed E-state index contributed by atoms with van der Waals surface area (Å²) in [6.45, 7) is 3.34. The first-order chi connectivity index (χ1) is 13.1. The Balaban J connectivity index is 1.70. The fraction of sp³-hybridized carbons (Fsp3) is 0.316. The minimum atomic E-state index is -0.502. The van der Waals surface area contributed by atoms with Crippen LogP contribution in [0.15, 0.2) is 35.3 Å². The van der Waals surface area contributed by atoms with E-state index in [9.17, 15) is 9.59 Å². The van der Waals surface area contributed by atoms with Gasteiger partial charge in [0.1, 0.15) is 5.56 Å². The molecule has 140 valence electrons. The highest BCUT2D eigenvalue weighted by atomic mass is 35.5. The average molecular weight is 387 g/mol. The number of benzene rings is 1. The number of rotatable bonds is 4. The monoisotopic (exact) mass is 386 g/mol. The molecule has 7 nitrogen and oxygen atoms in total. The second-order valence-corrected chi connectivity index (χ2v) is 6.89. The minimum Gasteiger partial charge on any atom is -0.462 e. The maximum atomic E-state index is 12.4. The van der Waals surface area contributed by atoms with E-state index in [0.29, 0.717) is 12.2 Å². The molecule has 4 rings (SSSR count). The number of anilines is 1. The van der Waals surface area contributed by atoms with Crippen molar-refractivity contribution < 1.29 is 9.53 Å². The Bertz CT molecular complexity index is 1070. The molecular formula is C19H19ClN4O3. The first kappa shape index (κ1) is 17.6. The predicted octanol–water partition coefficient (Wildman–Crippen LogP) is 2.81. The topological polar surface area (TPSA) is 79.7 Å². The van der Waals surface area contributed by atoms with Gasteiger partial charge in [0.15, 0.2) is 5.65 Å². The zero-order valence-electron chi connectivity index (χ0n) is 14.9. The van der Waals surface area contributed by atoms with Crippen LogP contribution in [0.5, 0.6) is 0 Å². The fourth-order valence-electron chi connectivity index (χ4n) is 3.47. The molecule has 27 heavy (non-hydrogen) atoms. The number of aromatic amines is 1. The second-order valence-electron chi connectivity index (χ2n) is 6.45. The van der Waals surface area contributed by atoms with Crippen molar-refractivity contribution in [2.45, 2.75) is 26.3 Å².